The standard InChI is InChI=1S/C21H28N2O4S/c1-2-3-13-28(25,26)23-11-6-7-17(16-23)15-22-21(24)19-10-12-27-20-9-5-4-8-18(20)14-19/h4-5,8-10,12,14,17H,2-3,6-7,11,13,15-16H2,1H3,(H,22,24). The second kappa shape index (κ2) is 9.39. The smallest absolute Gasteiger partial charge is 0.251 e. The van der Waals surface area contributed by atoms with Crippen LogP contribution in [0.5, 0.6) is 5.75 Å². The maximum absolute atomic E-state index is 12.6. The largest absolute Gasteiger partial charge is 0.464 e. The van der Waals surface area contributed by atoms with Crippen molar-refractivity contribution in [3.63, 3.8) is 0 Å². The summed E-state index contributed by atoms with van der Waals surface area (Å²) < 4.78 is 32.0. The van der Waals surface area contributed by atoms with E-state index in [2.05, 4.69) is 5.32 Å². The molecule has 6 nitrogen and oxygen atoms in total. The molecule has 1 aromatic carbocycles. The van der Waals surface area contributed by atoms with Gasteiger partial charge in [0.1, 0.15) is 5.75 Å². The van der Waals surface area contributed by atoms with Crippen LogP contribution < -0.4 is 10.1 Å². The number of carbonyl (C=O) groups is 1. The number of amides is 1. The van der Waals surface area contributed by atoms with Crippen LogP contribution in [-0.2, 0) is 14.8 Å². The third-order valence-corrected chi connectivity index (χ3v) is 7.04. The van der Waals surface area contributed by atoms with Crippen molar-refractivity contribution < 1.29 is 17.9 Å². The van der Waals surface area contributed by atoms with Crippen molar-refractivity contribution in [2.75, 3.05) is 25.4 Å². The third kappa shape index (κ3) is 5.23. The molecule has 0 bridgehead atoms. The molecule has 2 heterocycles. The van der Waals surface area contributed by atoms with Crippen molar-refractivity contribution in [2.45, 2.75) is 32.6 Å². The molecule has 0 aromatic heterocycles. The molecule has 2 aliphatic rings. The molecular formula is C21H28N2O4S. The Morgan fingerprint density at radius 1 is 1.32 bits per heavy atom. The molecule has 3 rings (SSSR count). The summed E-state index contributed by atoms with van der Waals surface area (Å²) in [5.41, 5.74) is 1.37. The first-order chi connectivity index (χ1) is 13.5. The van der Waals surface area contributed by atoms with Crippen molar-refractivity contribution in [1.82, 2.24) is 9.62 Å². The number of nitrogens with one attached hydrogen (secondary N) is 1. The van der Waals surface area contributed by atoms with Gasteiger partial charge in [0.2, 0.25) is 10.0 Å². The lowest BCUT2D eigenvalue weighted by atomic mass is 9.99. The predicted molar refractivity (Wildman–Crippen MR) is 110 cm³/mol. The minimum Gasteiger partial charge on any atom is -0.464 e. The average Bonchev–Trinajstić information content (AvgIpc) is 2.93. The number of piperidine rings is 1. The molecule has 2 aliphatic heterocycles. The van der Waals surface area contributed by atoms with Crippen molar-refractivity contribution >= 4 is 22.0 Å². The van der Waals surface area contributed by atoms with E-state index in [4.69, 9.17) is 4.74 Å². The molecule has 28 heavy (non-hydrogen) atoms. The number of nitrogens with zero attached hydrogens (tertiary/aromatic N) is 1. The molecule has 0 spiro atoms. The molecule has 1 aromatic rings. The Hall–Kier alpha value is -2.12. The number of ether oxygens (including phenoxy) is 1. The fourth-order valence-electron chi connectivity index (χ4n) is 3.49. The quantitative estimate of drug-likeness (QED) is 0.758. The highest BCUT2D eigenvalue weighted by Crippen LogP contribution is 2.24. The summed E-state index contributed by atoms with van der Waals surface area (Å²) in [7, 11) is -3.19. The Kier molecular flexibility index (Phi) is 6.91. The topological polar surface area (TPSA) is 75.7 Å². The highest BCUT2D eigenvalue weighted by molar-refractivity contribution is 7.89. The van der Waals surface area contributed by atoms with E-state index in [1.807, 2.05) is 31.2 Å². The Morgan fingerprint density at radius 3 is 2.96 bits per heavy atom. The molecule has 0 saturated carbocycles. The molecule has 1 saturated heterocycles. The molecule has 1 N–H and O–H groups in total. The van der Waals surface area contributed by atoms with Crippen LogP contribution in [0.1, 0.15) is 38.2 Å². The fraction of sp³-hybridized carbons (Fsp3) is 0.476. The Labute approximate surface area is 167 Å². The van der Waals surface area contributed by atoms with E-state index in [1.54, 1.807) is 16.5 Å². The molecule has 1 unspecified atom stereocenters. The van der Waals surface area contributed by atoms with Gasteiger partial charge in [0, 0.05) is 30.8 Å². The van der Waals surface area contributed by atoms with E-state index in [0.29, 0.717) is 37.4 Å². The molecule has 1 amide bonds. The maximum Gasteiger partial charge on any atom is 0.251 e. The zero-order valence-corrected chi connectivity index (χ0v) is 17.1. The van der Waals surface area contributed by atoms with Crippen molar-refractivity contribution in [3.05, 3.63) is 47.7 Å². The number of fused-ring (bicyclic) bond motifs is 1. The van der Waals surface area contributed by atoms with Crippen molar-refractivity contribution in [3.8, 4) is 5.75 Å². The third-order valence-electron chi connectivity index (χ3n) is 5.12. The fourth-order valence-corrected chi connectivity index (χ4v) is 5.24. The number of rotatable bonds is 7. The Morgan fingerprint density at radius 2 is 2.14 bits per heavy atom. The number of benzene rings is 1. The number of para-hydroxylation sites is 1. The van der Waals surface area contributed by atoms with Crippen LogP contribution in [0.4, 0.5) is 0 Å². The Balaban J connectivity index is 1.58. The maximum atomic E-state index is 12.6. The molecule has 0 aliphatic carbocycles. The number of carbonyl (C=O) groups excluding carboxylic acids is 1. The van der Waals surface area contributed by atoms with Crippen LogP contribution in [0.25, 0.3) is 6.08 Å². The SMILES string of the molecule is CCCCS(=O)(=O)N1CCCC(CNC(=O)C2=Cc3ccccc3OC=C2)C1. The van der Waals surface area contributed by atoms with Crippen LogP contribution in [0.3, 0.4) is 0 Å². The Bertz CT molecular complexity index is 861. The van der Waals surface area contributed by atoms with Crippen LogP contribution in [0, 0.1) is 5.92 Å². The van der Waals surface area contributed by atoms with Crippen LogP contribution in [-0.4, -0.2) is 44.0 Å². The minimum atomic E-state index is -3.19. The first-order valence-corrected chi connectivity index (χ1v) is 11.5. The summed E-state index contributed by atoms with van der Waals surface area (Å²) in [6, 6.07) is 7.53. The van der Waals surface area contributed by atoms with Gasteiger partial charge in [0.25, 0.3) is 5.91 Å². The van der Waals surface area contributed by atoms with Crippen LogP contribution in [0.15, 0.2) is 42.2 Å². The van der Waals surface area contributed by atoms with Gasteiger partial charge >= 0.3 is 0 Å². The van der Waals surface area contributed by atoms with E-state index in [0.717, 1.165) is 24.8 Å². The van der Waals surface area contributed by atoms with E-state index in [-0.39, 0.29) is 17.6 Å². The molecular weight excluding hydrogens is 376 g/mol. The summed E-state index contributed by atoms with van der Waals surface area (Å²) >= 11 is 0. The van der Waals surface area contributed by atoms with Gasteiger partial charge in [-0.1, -0.05) is 31.5 Å². The van der Waals surface area contributed by atoms with Gasteiger partial charge in [0.05, 0.1) is 12.0 Å². The molecule has 0 radical (unpaired) electrons. The van der Waals surface area contributed by atoms with E-state index in [1.165, 1.54) is 6.26 Å². The summed E-state index contributed by atoms with van der Waals surface area (Å²) in [5.74, 6) is 0.872. The lowest BCUT2D eigenvalue weighted by Gasteiger charge is -2.32. The van der Waals surface area contributed by atoms with Gasteiger partial charge < -0.3 is 10.1 Å². The number of hydrogen-bond acceptors (Lipinski definition) is 4. The summed E-state index contributed by atoms with van der Waals surface area (Å²) in [4.78, 5) is 12.6. The average molecular weight is 405 g/mol. The minimum absolute atomic E-state index is 0.132. The predicted octanol–water partition coefficient (Wildman–Crippen LogP) is 2.93. The van der Waals surface area contributed by atoms with Gasteiger partial charge in [-0.3, -0.25) is 4.79 Å². The van der Waals surface area contributed by atoms with Crippen molar-refractivity contribution in [2.24, 2.45) is 5.92 Å². The second-order valence-electron chi connectivity index (χ2n) is 7.30. The lowest BCUT2D eigenvalue weighted by molar-refractivity contribution is -0.117. The first kappa shape index (κ1) is 20.6. The van der Waals surface area contributed by atoms with Gasteiger partial charge in [-0.05, 0) is 43.4 Å². The zero-order chi connectivity index (χ0) is 20.0. The summed E-state index contributed by atoms with van der Waals surface area (Å²) in [5, 5.41) is 2.96. The van der Waals surface area contributed by atoms with Crippen LogP contribution in [0.2, 0.25) is 0 Å². The number of hydrogen-bond donors (Lipinski definition) is 1. The normalized spacial score (nSPS) is 19.9. The van der Waals surface area contributed by atoms with Gasteiger partial charge in [-0.2, -0.15) is 0 Å². The van der Waals surface area contributed by atoms with Crippen LogP contribution >= 0.6 is 0 Å². The molecule has 7 heteroatoms. The zero-order valence-electron chi connectivity index (χ0n) is 16.3. The second-order valence-corrected chi connectivity index (χ2v) is 9.39. The lowest BCUT2D eigenvalue weighted by Crippen LogP contribution is -2.44. The summed E-state index contributed by atoms with van der Waals surface area (Å²) in [6.07, 6.45) is 8.26. The monoisotopic (exact) mass is 404 g/mol. The van der Waals surface area contributed by atoms with E-state index >= 15 is 0 Å². The summed E-state index contributed by atoms with van der Waals surface area (Å²) in [6.45, 7) is 3.52. The molecule has 1 fully saturated rings. The van der Waals surface area contributed by atoms with E-state index < -0.39 is 10.0 Å². The number of sulfonamides is 1. The number of unbranched alkanes of at least 4 members (excludes halogenated alkanes) is 1. The van der Waals surface area contributed by atoms with Crippen molar-refractivity contribution in [1.29, 1.82) is 0 Å². The van der Waals surface area contributed by atoms with Gasteiger partial charge in [0.15, 0.2) is 0 Å². The highest BCUT2D eigenvalue weighted by Gasteiger charge is 2.28. The molecule has 152 valence electrons. The van der Waals surface area contributed by atoms with E-state index in [9.17, 15) is 13.2 Å². The molecule has 1 atom stereocenters. The highest BCUT2D eigenvalue weighted by atomic mass is 32.2. The van der Waals surface area contributed by atoms with Gasteiger partial charge in [-0.25, -0.2) is 12.7 Å². The first-order valence-electron chi connectivity index (χ1n) is 9.89. The van der Waals surface area contributed by atoms with Gasteiger partial charge in [-0.15, -0.1) is 0 Å².